The molecule has 0 saturated carbocycles. The second-order valence-corrected chi connectivity index (χ2v) is 4.70. The first-order chi connectivity index (χ1) is 6.45. The van der Waals surface area contributed by atoms with E-state index in [0.717, 1.165) is 10.7 Å². The second kappa shape index (κ2) is 4.12. The van der Waals surface area contributed by atoms with Crippen LogP contribution in [0, 0.1) is 0 Å². The third-order valence-corrected chi connectivity index (χ3v) is 2.58. The number of hydrogen-bond donors (Lipinski definition) is 0. The van der Waals surface area contributed by atoms with Crippen LogP contribution in [0.15, 0.2) is 18.3 Å². The lowest BCUT2D eigenvalue weighted by Crippen LogP contribution is -2.28. The molecule has 0 atom stereocenters. The van der Waals surface area contributed by atoms with Crippen molar-refractivity contribution in [2.45, 2.75) is 0 Å². The highest BCUT2D eigenvalue weighted by molar-refractivity contribution is 7.91. The smallest absolute Gasteiger partial charge is 0.254 e. The highest BCUT2D eigenvalue weighted by Crippen LogP contribution is 2.17. The molecule has 0 spiro atoms. The average molecular weight is 237 g/mol. The summed E-state index contributed by atoms with van der Waals surface area (Å²) in [5, 5.41) is 0.290. The van der Waals surface area contributed by atoms with Gasteiger partial charge in [-0.05, 0) is 12.1 Å². The Labute approximate surface area is 87.3 Å². The highest BCUT2D eigenvalue weighted by atomic mass is 35.5. The molecule has 1 aromatic rings. The molecule has 0 amide bonds. The van der Waals surface area contributed by atoms with Crippen molar-refractivity contribution in [3.05, 3.63) is 23.5 Å². The molecule has 0 fully saturated rings. The molecule has 14 heavy (non-hydrogen) atoms. The van der Waals surface area contributed by atoms with Crippen LogP contribution in [0.4, 0.5) is 5.69 Å². The molecular weight excluding hydrogens is 228 g/mol. The molecule has 7 heteroatoms. The number of pyridine rings is 1. The Morgan fingerprint density at radius 2 is 2.14 bits per heavy atom. The standard InChI is InChI=1S/C7H9ClN2O3S/c1-13-10(14(2,11)12)6-3-4-7(8)9-5-6/h3-5H,1-2H3. The maximum Gasteiger partial charge on any atom is 0.254 e. The van der Waals surface area contributed by atoms with Gasteiger partial charge >= 0.3 is 0 Å². The molecule has 0 aliphatic heterocycles. The molecule has 0 aliphatic carbocycles. The first-order valence-corrected chi connectivity index (χ1v) is 5.84. The molecule has 5 nitrogen and oxygen atoms in total. The van der Waals surface area contributed by atoms with E-state index in [0.29, 0.717) is 10.8 Å². The lowest BCUT2D eigenvalue weighted by molar-refractivity contribution is 0.216. The van der Waals surface area contributed by atoms with Crippen LogP contribution < -0.4 is 4.47 Å². The monoisotopic (exact) mass is 236 g/mol. The van der Waals surface area contributed by atoms with Crippen molar-refractivity contribution in [2.75, 3.05) is 17.8 Å². The van der Waals surface area contributed by atoms with Crippen LogP contribution in [0.5, 0.6) is 0 Å². The van der Waals surface area contributed by atoms with E-state index in [1.54, 1.807) is 0 Å². The van der Waals surface area contributed by atoms with Crippen LogP contribution in [0.1, 0.15) is 0 Å². The second-order valence-electron chi connectivity index (χ2n) is 2.51. The van der Waals surface area contributed by atoms with Gasteiger partial charge in [0.25, 0.3) is 10.0 Å². The van der Waals surface area contributed by atoms with Crippen molar-refractivity contribution in [3.63, 3.8) is 0 Å². The van der Waals surface area contributed by atoms with Crippen molar-refractivity contribution in [1.29, 1.82) is 0 Å². The Morgan fingerprint density at radius 3 is 2.50 bits per heavy atom. The van der Waals surface area contributed by atoms with Crippen LogP contribution in [-0.2, 0) is 14.9 Å². The topological polar surface area (TPSA) is 59.5 Å². The van der Waals surface area contributed by atoms with Gasteiger partial charge in [0.05, 0.1) is 25.2 Å². The Hall–Kier alpha value is -0.850. The number of halogens is 1. The fourth-order valence-corrected chi connectivity index (χ4v) is 1.78. The highest BCUT2D eigenvalue weighted by Gasteiger charge is 2.16. The van der Waals surface area contributed by atoms with E-state index in [1.165, 1.54) is 25.4 Å². The van der Waals surface area contributed by atoms with E-state index in [2.05, 4.69) is 4.98 Å². The van der Waals surface area contributed by atoms with Gasteiger partial charge < -0.3 is 0 Å². The third-order valence-electron chi connectivity index (χ3n) is 1.39. The van der Waals surface area contributed by atoms with Gasteiger partial charge in [0.2, 0.25) is 0 Å². The Kier molecular flexibility index (Phi) is 3.30. The van der Waals surface area contributed by atoms with Gasteiger partial charge in [-0.25, -0.2) is 13.4 Å². The zero-order chi connectivity index (χ0) is 10.8. The maximum atomic E-state index is 11.2. The van der Waals surface area contributed by atoms with Crippen LogP contribution in [-0.4, -0.2) is 26.8 Å². The molecule has 0 unspecified atom stereocenters. The van der Waals surface area contributed by atoms with Gasteiger partial charge in [-0.2, -0.15) is 0 Å². The summed E-state index contributed by atoms with van der Waals surface area (Å²) in [6.07, 6.45) is 2.35. The van der Waals surface area contributed by atoms with Gasteiger partial charge in [-0.1, -0.05) is 11.6 Å². The zero-order valence-electron chi connectivity index (χ0n) is 7.64. The fourth-order valence-electron chi connectivity index (χ4n) is 0.908. The van der Waals surface area contributed by atoms with E-state index < -0.39 is 10.0 Å². The minimum atomic E-state index is -3.45. The first kappa shape index (κ1) is 11.2. The lowest BCUT2D eigenvalue weighted by atomic mass is 10.4. The van der Waals surface area contributed by atoms with E-state index in [-0.39, 0.29) is 0 Å². The van der Waals surface area contributed by atoms with Crippen molar-refractivity contribution in [1.82, 2.24) is 4.98 Å². The Balaban J connectivity index is 3.08. The fraction of sp³-hybridized carbons (Fsp3) is 0.286. The van der Waals surface area contributed by atoms with Crippen molar-refractivity contribution in [2.24, 2.45) is 0 Å². The molecule has 1 heterocycles. The SMILES string of the molecule is CON(c1ccc(Cl)nc1)S(C)(=O)=O. The van der Waals surface area contributed by atoms with Crippen LogP contribution in [0.25, 0.3) is 0 Å². The number of anilines is 1. The number of rotatable bonds is 3. The largest absolute Gasteiger partial charge is 0.262 e. The van der Waals surface area contributed by atoms with E-state index in [9.17, 15) is 8.42 Å². The Morgan fingerprint density at radius 1 is 1.50 bits per heavy atom. The minimum absolute atomic E-state index is 0.290. The lowest BCUT2D eigenvalue weighted by Gasteiger charge is -2.18. The molecule has 0 N–H and O–H groups in total. The summed E-state index contributed by atoms with van der Waals surface area (Å²) in [5.41, 5.74) is 0.305. The van der Waals surface area contributed by atoms with Crippen molar-refractivity contribution in [3.8, 4) is 0 Å². The normalized spacial score (nSPS) is 11.4. The van der Waals surface area contributed by atoms with Gasteiger partial charge in [0, 0.05) is 0 Å². The number of nitrogens with zero attached hydrogens (tertiary/aromatic N) is 2. The summed E-state index contributed by atoms with van der Waals surface area (Å²) in [4.78, 5) is 8.44. The molecule has 1 rings (SSSR count). The molecule has 1 aromatic heterocycles. The third kappa shape index (κ3) is 2.57. The first-order valence-electron chi connectivity index (χ1n) is 3.61. The Bertz CT molecular complexity index is 403. The zero-order valence-corrected chi connectivity index (χ0v) is 9.21. The summed E-state index contributed by atoms with van der Waals surface area (Å²) < 4.78 is 23.1. The van der Waals surface area contributed by atoms with Crippen LogP contribution in [0.3, 0.4) is 0 Å². The summed E-state index contributed by atoms with van der Waals surface area (Å²) >= 11 is 5.55. The number of aromatic nitrogens is 1. The summed E-state index contributed by atoms with van der Waals surface area (Å²) in [6, 6.07) is 2.98. The van der Waals surface area contributed by atoms with Gasteiger partial charge in [0.1, 0.15) is 5.15 Å². The maximum absolute atomic E-state index is 11.2. The molecule has 0 saturated heterocycles. The van der Waals surface area contributed by atoms with Crippen molar-refractivity contribution >= 4 is 27.3 Å². The quantitative estimate of drug-likeness (QED) is 0.582. The molecule has 0 aromatic carbocycles. The van der Waals surface area contributed by atoms with Gasteiger partial charge in [0.15, 0.2) is 0 Å². The summed E-state index contributed by atoms with van der Waals surface area (Å²) in [6.45, 7) is 0. The van der Waals surface area contributed by atoms with E-state index in [1.807, 2.05) is 0 Å². The van der Waals surface area contributed by atoms with Gasteiger partial charge in [-0.15, -0.1) is 4.47 Å². The molecule has 0 radical (unpaired) electrons. The van der Waals surface area contributed by atoms with E-state index in [4.69, 9.17) is 16.4 Å². The molecule has 0 bridgehead atoms. The van der Waals surface area contributed by atoms with Crippen LogP contribution >= 0.6 is 11.6 Å². The molecule has 0 aliphatic rings. The van der Waals surface area contributed by atoms with E-state index >= 15 is 0 Å². The summed E-state index contributed by atoms with van der Waals surface area (Å²) in [5.74, 6) is 0. The predicted octanol–water partition coefficient (Wildman–Crippen LogP) is 1.06. The molecular formula is C7H9ClN2O3S. The number of sulfonamides is 1. The average Bonchev–Trinajstić information content (AvgIpc) is 2.07. The van der Waals surface area contributed by atoms with Gasteiger partial charge in [-0.3, -0.25) is 4.84 Å². The van der Waals surface area contributed by atoms with Crippen LogP contribution in [0.2, 0.25) is 5.15 Å². The predicted molar refractivity (Wildman–Crippen MR) is 53.6 cm³/mol. The van der Waals surface area contributed by atoms with Crippen molar-refractivity contribution < 1.29 is 13.3 Å². The summed E-state index contributed by atoms with van der Waals surface area (Å²) in [7, 11) is -2.19. The minimum Gasteiger partial charge on any atom is -0.262 e. The molecule has 78 valence electrons. The number of hydrogen-bond acceptors (Lipinski definition) is 4.